The summed E-state index contributed by atoms with van der Waals surface area (Å²) >= 11 is 11.8. The predicted octanol–water partition coefficient (Wildman–Crippen LogP) is 5.31. The van der Waals surface area contributed by atoms with E-state index in [4.69, 9.17) is 28.5 Å². The molecule has 0 bridgehead atoms. The van der Waals surface area contributed by atoms with E-state index in [0.29, 0.717) is 44.0 Å². The van der Waals surface area contributed by atoms with Gasteiger partial charge in [0, 0.05) is 42.6 Å². The summed E-state index contributed by atoms with van der Waals surface area (Å²) in [4.78, 5) is 32.1. The molecule has 2 amide bonds. The first kappa shape index (κ1) is 28.2. The molecule has 2 aliphatic heterocycles. The first-order chi connectivity index (χ1) is 18.0. The van der Waals surface area contributed by atoms with Crippen LogP contribution in [0.2, 0.25) is 10.0 Å². The molecule has 2 atom stereocenters. The van der Waals surface area contributed by atoms with Crippen LogP contribution in [0.5, 0.6) is 0 Å². The topological polar surface area (TPSA) is 67.7 Å². The van der Waals surface area contributed by atoms with Crippen LogP contribution in [-0.4, -0.2) is 72.3 Å². The van der Waals surface area contributed by atoms with E-state index in [9.17, 15) is 22.8 Å². The van der Waals surface area contributed by atoms with Gasteiger partial charge in [0.05, 0.1) is 29.2 Å². The zero-order chi connectivity index (χ0) is 27.6. The lowest BCUT2D eigenvalue weighted by Gasteiger charge is -2.32. The fourth-order valence-corrected chi connectivity index (χ4v) is 5.67. The minimum absolute atomic E-state index is 0.00484. The average Bonchev–Trinajstić information content (AvgIpc) is 3.33. The Bertz CT molecular complexity index is 1220. The number of nitriles is 1. The minimum Gasteiger partial charge on any atom is -0.340 e. The number of piperidine rings is 1. The van der Waals surface area contributed by atoms with Gasteiger partial charge in [-0.25, -0.2) is 0 Å². The van der Waals surface area contributed by atoms with Crippen LogP contribution >= 0.6 is 23.2 Å². The highest BCUT2D eigenvalue weighted by atomic mass is 35.5. The monoisotopic (exact) mass is 566 g/mol. The zero-order valence-corrected chi connectivity index (χ0v) is 22.2. The van der Waals surface area contributed by atoms with Crippen molar-refractivity contribution >= 4 is 35.0 Å². The fraction of sp³-hybridized carbons (Fsp3) is 0.444. The quantitative estimate of drug-likeness (QED) is 0.460. The van der Waals surface area contributed by atoms with Crippen molar-refractivity contribution in [2.75, 3.05) is 39.8 Å². The summed E-state index contributed by atoms with van der Waals surface area (Å²) < 4.78 is 40.2. The van der Waals surface area contributed by atoms with Crippen LogP contribution in [0, 0.1) is 17.2 Å². The first-order valence-electron chi connectivity index (χ1n) is 12.3. The van der Waals surface area contributed by atoms with E-state index < -0.39 is 28.7 Å². The van der Waals surface area contributed by atoms with Gasteiger partial charge < -0.3 is 9.80 Å². The SMILES string of the molecule is CN(C(=O)c1ccc(Cl)c(C(F)(F)F)c1)C1CN(C(=O)C2CCN(CC#N)CC2)C[C@@H]1c1ccc(Cl)cc1. The lowest BCUT2D eigenvalue weighted by molar-refractivity contribution is -0.137. The molecule has 2 aromatic carbocycles. The lowest BCUT2D eigenvalue weighted by atomic mass is 9.93. The second kappa shape index (κ2) is 11.5. The maximum Gasteiger partial charge on any atom is 0.417 e. The molecular weight excluding hydrogens is 540 g/mol. The Kier molecular flexibility index (Phi) is 8.55. The Morgan fingerprint density at radius 2 is 1.74 bits per heavy atom. The van der Waals surface area contributed by atoms with Gasteiger partial charge in [-0.3, -0.25) is 14.5 Å². The number of likely N-dealkylation sites (tertiary alicyclic amines) is 2. The number of likely N-dealkylation sites (N-methyl/N-ethyl adjacent to an activating group) is 1. The highest BCUT2D eigenvalue weighted by molar-refractivity contribution is 6.31. The Balaban J connectivity index is 1.57. The van der Waals surface area contributed by atoms with Gasteiger partial charge in [-0.2, -0.15) is 18.4 Å². The number of nitrogens with zero attached hydrogens (tertiary/aromatic N) is 4. The summed E-state index contributed by atoms with van der Waals surface area (Å²) in [7, 11) is 1.55. The molecule has 0 N–H and O–H groups in total. The van der Waals surface area contributed by atoms with Gasteiger partial charge in [-0.05, 0) is 61.8 Å². The fourth-order valence-electron chi connectivity index (χ4n) is 5.32. The smallest absolute Gasteiger partial charge is 0.340 e. The summed E-state index contributed by atoms with van der Waals surface area (Å²) in [6, 6.07) is 12.0. The molecule has 2 saturated heterocycles. The second-order valence-electron chi connectivity index (χ2n) is 9.79. The van der Waals surface area contributed by atoms with E-state index in [2.05, 4.69) is 6.07 Å². The van der Waals surface area contributed by atoms with Crippen molar-refractivity contribution in [2.45, 2.75) is 31.0 Å². The van der Waals surface area contributed by atoms with Gasteiger partial charge >= 0.3 is 6.18 Å². The summed E-state index contributed by atoms with van der Waals surface area (Å²) in [5.41, 5.74) is -0.322. The molecule has 0 saturated carbocycles. The molecule has 0 radical (unpaired) electrons. The lowest BCUT2D eigenvalue weighted by Crippen LogP contribution is -2.44. The number of halogens is 5. The van der Waals surface area contributed by atoms with Gasteiger partial charge in [0.25, 0.3) is 5.91 Å². The number of carbonyl (C=O) groups is 2. The van der Waals surface area contributed by atoms with Crippen LogP contribution in [0.3, 0.4) is 0 Å². The number of hydrogen-bond acceptors (Lipinski definition) is 4. The van der Waals surface area contributed by atoms with Crippen LogP contribution in [0.1, 0.15) is 40.2 Å². The van der Waals surface area contributed by atoms with Crippen LogP contribution < -0.4 is 0 Å². The number of carbonyl (C=O) groups excluding carboxylic acids is 2. The number of hydrogen-bond donors (Lipinski definition) is 0. The molecule has 6 nitrogen and oxygen atoms in total. The van der Waals surface area contributed by atoms with Gasteiger partial charge in [-0.1, -0.05) is 35.3 Å². The predicted molar refractivity (Wildman–Crippen MR) is 138 cm³/mol. The largest absolute Gasteiger partial charge is 0.417 e. The van der Waals surface area contributed by atoms with Crippen LogP contribution in [0.25, 0.3) is 0 Å². The van der Waals surface area contributed by atoms with Crippen molar-refractivity contribution in [3.05, 3.63) is 69.2 Å². The summed E-state index contributed by atoms with van der Waals surface area (Å²) in [6.07, 6.45) is -3.41. The molecule has 2 aliphatic rings. The molecule has 2 aromatic rings. The van der Waals surface area contributed by atoms with Crippen molar-refractivity contribution in [3.63, 3.8) is 0 Å². The van der Waals surface area contributed by atoms with Crippen molar-refractivity contribution in [3.8, 4) is 6.07 Å². The maximum atomic E-state index is 13.5. The first-order valence-corrected chi connectivity index (χ1v) is 13.0. The molecule has 0 spiro atoms. The zero-order valence-electron chi connectivity index (χ0n) is 20.7. The van der Waals surface area contributed by atoms with Crippen LogP contribution in [0.15, 0.2) is 42.5 Å². The van der Waals surface area contributed by atoms with Gasteiger partial charge in [0.1, 0.15) is 0 Å². The molecule has 2 heterocycles. The average molecular weight is 567 g/mol. The molecule has 1 unspecified atom stereocenters. The van der Waals surface area contributed by atoms with Crippen molar-refractivity contribution in [1.29, 1.82) is 5.26 Å². The summed E-state index contributed by atoms with van der Waals surface area (Å²) in [5, 5.41) is 9.00. The van der Waals surface area contributed by atoms with Gasteiger partial charge in [0.2, 0.25) is 5.91 Å². The molecular formula is C27H27Cl2F3N4O2. The minimum atomic E-state index is -4.70. The molecule has 4 rings (SSSR count). The van der Waals surface area contributed by atoms with Crippen LogP contribution in [-0.2, 0) is 11.0 Å². The highest BCUT2D eigenvalue weighted by Gasteiger charge is 2.42. The van der Waals surface area contributed by atoms with Gasteiger partial charge in [-0.15, -0.1) is 0 Å². The molecule has 11 heteroatoms. The Morgan fingerprint density at radius 1 is 1.08 bits per heavy atom. The van der Waals surface area contributed by atoms with E-state index >= 15 is 0 Å². The Labute approximate surface area is 229 Å². The number of rotatable bonds is 5. The Hall–Kier alpha value is -2.80. The molecule has 202 valence electrons. The number of alkyl halides is 3. The number of amides is 2. The summed E-state index contributed by atoms with van der Waals surface area (Å²) in [6.45, 7) is 2.29. The van der Waals surface area contributed by atoms with E-state index in [1.165, 1.54) is 11.0 Å². The van der Waals surface area contributed by atoms with E-state index in [1.807, 2.05) is 17.0 Å². The van der Waals surface area contributed by atoms with Crippen molar-refractivity contribution in [2.24, 2.45) is 5.92 Å². The molecule has 38 heavy (non-hydrogen) atoms. The Morgan fingerprint density at radius 3 is 2.34 bits per heavy atom. The van der Waals surface area contributed by atoms with Gasteiger partial charge in [0.15, 0.2) is 0 Å². The van der Waals surface area contributed by atoms with Crippen molar-refractivity contribution in [1.82, 2.24) is 14.7 Å². The summed E-state index contributed by atoms with van der Waals surface area (Å²) in [5.74, 6) is -1.02. The molecule has 2 fully saturated rings. The number of benzene rings is 2. The van der Waals surface area contributed by atoms with Crippen molar-refractivity contribution < 1.29 is 22.8 Å². The second-order valence-corrected chi connectivity index (χ2v) is 10.6. The van der Waals surface area contributed by atoms with Crippen LogP contribution in [0.4, 0.5) is 13.2 Å². The maximum absolute atomic E-state index is 13.5. The molecule has 0 aliphatic carbocycles. The third-order valence-corrected chi connectivity index (χ3v) is 8.05. The highest BCUT2D eigenvalue weighted by Crippen LogP contribution is 2.37. The van der Waals surface area contributed by atoms with E-state index in [-0.39, 0.29) is 29.9 Å². The van der Waals surface area contributed by atoms with E-state index in [0.717, 1.165) is 17.7 Å². The third kappa shape index (κ3) is 6.09. The normalized spacial score (nSPS) is 20.8. The standard InChI is InChI=1S/C27H27Cl2F3N4O2/c1-34(25(37)19-4-7-23(29)22(14-19)27(30,31)32)24-16-36(15-21(24)17-2-5-20(28)6-3-17)26(38)18-8-11-35(12-9-18)13-10-33/h2-7,14,18,21,24H,8-9,11-13,15-16H2,1H3/t21-,24?/m1/s1. The third-order valence-electron chi connectivity index (χ3n) is 7.47. The molecule has 0 aromatic heterocycles. The van der Waals surface area contributed by atoms with E-state index in [1.54, 1.807) is 24.1 Å².